The molecule has 0 saturated carbocycles. The van der Waals surface area contributed by atoms with Gasteiger partial charge in [-0.05, 0) is 32.9 Å². The Bertz CT molecular complexity index is 672. The van der Waals surface area contributed by atoms with E-state index >= 15 is 0 Å². The molecule has 0 aliphatic carbocycles. The van der Waals surface area contributed by atoms with Crippen molar-refractivity contribution in [2.75, 3.05) is 0 Å². The molecule has 0 saturated heterocycles. The van der Waals surface area contributed by atoms with Gasteiger partial charge in [-0.25, -0.2) is 9.07 Å². The summed E-state index contributed by atoms with van der Waals surface area (Å²) in [7, 11) is 0. The van der Waals surface area contributed by atoms with Crippen LogP contribution in [0.1, 0.15) is 25.2 Å². The van der Waals surface area contributed by atoms with Gasteiger partial charge in [0.2, 0.25) is 5.43 Å². The van der Waals surface area contributed by atoms with Crippen LogP contribution in [0.25, 0.3) is 5.69 Å². The molecule has 0 spiro atoms. The van der Waals surface area contributed by atoms with Crippen LogP contribution in [0, 0.1) is 12.7 Å². The zero-order valence-corrected chi connectivity index (χ0v) is 11.0. The molecule has 0 unspecified atom stereocenters. The zero-order valence-electron chi connectivity index (χ0n) is 11.0. The molecule has 100 valence electrons. The zero-order chi connectivity index (χ0) is 14.2. The van der Waals surface area contributed by atoms with E-state index in [1.165, 1.54) is 30.7 Å². The number of halogens is 1. The maximum atomic E-state index is 13.8. The maximum absolute atomic E-state index is 13.8. The van der Waals surface area contributed by atoms with E-state index in [1.807, 2.05) is 0 Å². The van der Waals surface area contributed by atoms with Crippen molar-refractivity contribution >= 4 is 0 Å². The normalized spacial score (nSPS) is 11.6. The fraction of sp³-hybridized carbons (Fsp3) is 0.286. The summed E-state index contributed by atoms with van der Waals surface area (Å²) in [6.07, 6.45) is 0. The number of nitrogens with zero attached hydrogens (tertiary/aromatic N) is 2. The lowest BCUT2D eigenvalue weighted by Crippen LogP contribution is -2.30. The number of para-hydroxylation sites is 1. The van der Waals surface area contributed by atoms with E-state index in [1.54, 1.807) is 25.1 Å². The van der Waals surface area contributed by atoms with Crippen molar-refractivity contribution in [2.24, 2.45) is 0 Å². The highest BCUT2D eigenvalue weighted by molar-refractivity contribution is 5.34. The molecule has 19 heavy (non-hydrogen) atoms. The minimum absolute atomic E-state index is 0.0126. The van der Waals surface area contributed by atoms with Crippen LogP contribution in [0.2, 0.25) is 0 Å². The average molecular weight is 262 g/mol. The van der Waals surface area contributed by atoms with Gasteiger partial charge in [0.15, 0.2) is 0 Å². The average Bonchev–Trinajstić information content (AvgIpc) is 2.29. The highest BCUT2D eigenvalue weighted by Crippen LogP contribution is 2.17. The summed E-state index contributed by atoms with van der Waals surface area (Å²) in [5.41, 5.74) is -1.01. The summed E-state index contributed by atoms with van der Waals surface area (Å²) in [6.45, 7) is 4.60. The molecule has 0 radical (unpaired) electrons. The summed E-state index contributed by atoms with van der Waals surface area (Å²) in [5.74, 6) is -0.441. The third kappa shape index (κ3) is 2.56. The van der Waals surface area contributed by atoms with Gasteiger partial charge in [0.25, 0.3) is 0 Å². The molecule has 2 rings (SSSR count). The van der Waals surface area contributed by atoms with Crippen LogP contribution in [0.3, 0.4) is 0 Å². The topological polar surface area (TPSA) is 55.1 Å². The van der Waals surface area contributed by atoms with Crippen LogP contribution < -0.4 is 5.43 Å². The van der Waals surface area contributed by atoms with Gasteiger partial charge in [0.1, 0.15) is 22.8 Å². The predicted octanol–water partition coefficient (Wildman–Crippen LogP) is 1.91. The molecule has 1 aromatic carbocycles. The van der Waals surface area contributed by atoms with Crippen LogP contribution in [0.4, 0.5) is 4.39 Å². The number of hydrogen-bond donors (Lipinski definition) is 1. The summed E-state index contributed by atoms with van der Waals surface area (Å²) in [4.78, 5) is 11.8. The van der Waals surface area contributed by atoms with Crippen molar-refractivity contribution in [2.45, 2.75) is 26.4 Å². The molecule has 1 aromatic heterocycles. The minimum atomic E-state index is -1.38. The standard InChI is InChI=1S/C14H15FN2O2/c1-9-8-12(18)13(14(2,3)19)16-17(9)11-7-5-4-6-10(11)15/h4-8,19H,1-3H3. The van der Waals surface area contributed by atoms with Gasteiger partial charge < -0.3 is 5.11 Å². The molecule has 0 aliphatic heterocycles. The first-order valence-corrected chi connectivity index (χ1v) is 5.89. The van der Waals surface area contributed by atoms with Crippen LogP contribution in [-0.2, 0) is 5.60 Å². The molecular formula is C14H15FN2O2. The second-order valence-electron chi connectivity index (χ2n) is 4.92. The Labute approximate surface area is 110 Å². The molecular weight excluding hydrogens is 247 g/mol. The maximum Gasteiger partial charge on any atom is 0.206 e. The first-order valence-electron chi connectivity index (χ1n) is 5.89. The van der Waals surface area contributed by atoms with Crippen molar-refractivity contribution in [3.05, 3.63) is 57.8 Å². The van der Waals surface area contributed by atoms with Crippen molar-refractivity contribution < 1.29 is 9.50 Å². The number of hydrogen-bond acceptors (Lipinski definition) is 3. The van der Waals surface area contributed by atoms with Crippen molar-refractivity contribution in [3.63, 3.8) is 0 Å². The van der Waals surface area contributed by atoms with Crippen molar-refractivity contribution in [1.82, 2.24) is 9.78 Å². The van der Waals surface area contributed by atoms with E-state index < -0.39 is 11.4 Å². The first kappa shape index (κ1) is 13.4. The Kier molecular flexibility index (Phi) is 3.24. The van der Waals surface area contributed by atoms with Crippen molar-refractivity contribution in [1.29, 1.82) is 0 Å². The molecule has 1 N–H and O–H groups in total. The van der Waals surface area contributed by atoms with E-state index in [-0.39, 0.29) is 16.8 Å². The smallest absolute Gasteiger partial charge is 0.206 e. The Morgan fingerprint density at radius 3 is 2.53 bits per heavy atom. The highest BCUT2D eigenvalue weighted by Gasteiger charge is 2.23. The van der Waals surface area contributed by atoms with Crippen LogP contribution >= 0.6 is 0 Å². The van der Waals surface area contributed by atoms with E-state index in [2.05, 4.69) is 5.10 Å². The SMILES string of the molecule is Cc1cc(=O)c(C(C)(C)O)nn1-c1ccccc1F. The highest BCUT2D eigenvalue weighted by atomic mass is 19.1. The molecule has 0 amide bonds. The lowest BCUT2D eigenvalue weighted by atomic mass is 10.0. The van der Waals surface area contributed by atoms with Crippen LogP contribution in [0.15, 0.2) is 35.1 Å². The second kappa shape index (κ2) is 4.59. The molecule has 2 aromatic rings. The van der Waals surface area contributed by atoms with E-state index in [4.69, 9.17) is 0 Å². The summed E-state index contributed by atoms with van der Waals surface area (Å²) in [5, 5.41) is 14.0. The Morgan fingerprint density at radius 2 is 1.95 bits per heavy atom. The van der Waals surface area contributed by atoms with E-state index in [0.717, 1.165) is 0 Å². The molecule has 0 atom stereocenters. The quantitative estimate of drug-likeness (QED) is 0.899. The third-order valence-corrected chi connectivity index (χ3v) is 2.77. The van der Waals surface area contributed by atoms with Crippen LogP contribution in [-0.4, -0.2) is 14.9 Å². The Balaban J connectivity index is 2.72. The van der Waals surface area contributed by atoms with Gasteiger partial charge in [-0.1, -0.05) is 12.1 Å². The fourth-order valence-electron chi connectivity index (χ4n) is 1.84. The minimum Gasteiger partial charge on any atom is -0.384 e. The Morgan fingerprint density at radius 1 is 1.32 bits per heavy atom. The molecule has 0 bridgehead atoms. The molecule has 0 fully saturated rings. The van der Waals surface area contributed by atoms with E-state index in [9.17, 15) is 14.3 Å². The van der Waals surface area contributed by atoms with Crippen molar-refractivity contribution in [3.8, 4) is 5.69 Å². The lowest BCUT2D eigenvalue weighted by Gasteiger charge is -2.18. The van der Waals surface area contributed by atoms with Gasteiger partial charge in [-0.15, -0.1) is 0 Å². The number of benzene rings is 1. The number of rotatable bonds is 2. The summed E-state index contributed by atoms with van der Waals surface area (Å²) < 4.78 is 15.1. The molecule has 0 aliphatic rings. The number of aromatic nitrogens is 2. The first-order chi connectivity index (χ1) is 8.80. The molecule has 4 nitrogen and oxygen atoms in total. The summed E-state index contributed by atoms with van der Waals surface area (Å²) >= 11 is 0. The number of aliphatic hydroxyl groups is 1. The van der Waals surface area contributed by atoms with Gasteiger partial charge >= 0.3 is 0 Å². The predicted molar refractivity (Wildman–Crippen MR) is 69.8 cm³/mol. The summed E-state index contributed by atoms with van der Waals surface area (Å²) in [6, 6.07) is 7.48. The van der Waals surface area contributed by atoms with Gasteiger partial charge in [0.05, 0.1) is 0 Å². The third-order valence-electron chi connectivity index (χ3n) is 2.77. The second-order valence-corrected chi connectivity index (χ2v) is 4.92. The van der Waals surface area contributed by atoms with Crippen LogP contribution in [0.5, 0.6) is 0 Å². The molecule has 5 heteroatoms. The monoisotopic (exact) mass is 262 g/mol. The van der Waals surface area contributed by atoms with Gasteiger partial charge in [0, 0.05) is 11.8 Å². The molecule has 1 heterocycles. The van der Waals surface area contributed by atoms with Gasteiger partial charge in [-0.2, -0.15) is 5.10 Å². The largest absolute Gasteiger partial charge is 0.384 e. The van der Waals surface area contributed by atoms with Gasteiger partial charge in [-0.3, -0.25) is 4.79 Å². The Hall–Kier alpha value is -2.01. The fourth-order valence-corrected chi connectivity index (χ4v) is 1.84. The van der Waals surface area contributed by atoms with E-state index in [0.29, 0.717) is 5.69 Å². The number of aryl methyl sites for hydroxylation is 1. The lowest BCUT2D eigenvalue weighted by molar-refractivity contribution is 0.0709.